The van der Waals surface area contributed by atoms with E-state index in [1.807, 2.05) is 19.2 Å². The van der Waals surface area contributed by atoms with Crippen molar-refractivity contribution >= 4 is 17.4 Å². The maximum absolute atomic E-state index is 12.1. The number of Topliss-reactive ketones (excluding diaryl/α,β-unsaturated/α-hetero) is 1. The zero-order valence-corrected chi connectivity index (χ0v) is 12.2. The van der Waals surface area contributed by atoms with Gasteiger partial charge in [-0.1, -0.05) is 23.7 Å². The smallest absolute Gasteiger partial charge is 0.178 e. The molecule has 1 fully saturated rings. The number of hydrogen-bond acceptors (Lipinski definition) is 3. The Kier molecular flexibility index (Phi) is 5.37. The lowest BCUT2D eigenvalue weighted by Gasteiger charge is -2.20. The molecular weight excluding hydrogens is 260 g/mol. The summed E-state index contributed by atoms with van der Waals surface area (Å²) in [5.74, 6) is 0.0921. The van der Waals surface area contributed by atoms with Crippen LogP contribution in [0.5, 0.6) is 0 Å². The quantitative estimate of drug-likeness (QED) is 0.748. The van der Waals surface area contributed by atoms with Crippen molar-refractivity contribution in [2.75, 3.05) is 39.8 Å². The van der Waals surface area contributed by atoms with Gasteiger partial charge in [0.1, 0.15) is 0 Å². The molecule has 0 N–H and O–H groups in total. The fraction of sp³-hybridized carbons (Fsp3) is 0.533. The fourth-order valence-corrected chi connectivity index (χ4v) is 2.66. The van der Waals surface area contributed by atoms with Crippen LogP contribution in [0.25, 0.3) is 0 Å². The minimum atomic E-state index is 0.0921. The summed E-state index contributed by atoms with van der Waals surface area (Å²) in [6.45, 7) is 4.80. The largest absolute Gasteiger partial charge is 0.302 e. The van der Waals surface area contributed by atoms with Gasteiger partial charge in [-0.05, 0) is 45.1 Å². The molecule has 0 aromatic heterocycles. The number of carbonyl (C=O) groups excluding carboxylic acids is 1. The zero-order chi connectivity index (χ0) is 13.7. The van der Waals surface area contributed by atoms with E-state index in [9.17, 15) is 4.79 Å². The Bertz CT molecular complexity index is 430. The van der Waals surface area contributed by atoms with E-state index < -0.39 is 0 Å². The van der Waals surface area contributed by atoms with Crippen LogP contribution in [0, 0.1) is 0 Å². The lowest BCUT2D eigenvalue weighted by molar-refractivity contribution is 0.0941. The predicted molar refractivity (Wildman–Crippen MR) is 79.0 cm³/mol. The Labute approximate surface area is 120 Å². The molecule has 1 aromatic rings. The maximum Gasteiger partial charge on any atom is 0.178 e. The Morgan fingerprint density at radius 1 is 1.32 bits per heavy atom. The van der Waals surface area contributed by atoms with Gasteiger partial charge in [-0.15, -0.1) is 0 Å². The van der Waals surface area contributed by atoms with Crippen molar-refractivity contribution in [3.63, 3.8) is 0 Å². The number of likely N-dealkylation sites (tertiary alicyclic amines) is 1. The number of ketones is 1. The standard InChI is InChI=1S/C15H21ClN2O/c1-17(10-11-18-8-4-5-9-18)12-15(19)13-6-2-3-7-14(13)16/h2-3,6-7H,4-5,8-12H2,1H3. The molecule has 0 atom stereocenters. The summed E-state index contributed by atoms with van der Waals surface area (Å²) in [5, 5.41) is 0.542. The van der Waals surface area contributed by atoms with Crippen LogP contribution in [0.15, 0.2) is 24.3 Å². The van der Waals surface area contributed by atoms with E-state index in [4.69, 9.17) is 11.6 Å². The average molecular weight is 281 g/mol. The van der Waals surface area contributed by atoms with Crippen LogP contribution in [0.2, 0.25) is 5.02 Å². The minimum Gasteiger partial charge on any atom is -0.302 e. The molecule has 0 bridgehead atoms. The molecule has 0 spiro atoms. The van der Waals surface area contributed by atoms with Crippen molar-refractivity contribution in [3.05, 3.63) is 34.9 Å². The summed E-state index contributed by atoms with van der Waals surface area (Å²) >= 11 is 6.04. The van der Waals surface area contributed by atoms with Gasteiger partial charge in [-0.25, -0.2) is 0 Å². The number of benzene rings is 1. The molecule has 0 saturated carbocycles. The second kappa shape index (κ2) is 7.04. The first-order chi connectivity index (χ1) is 9.16. The molecule has 1 aromatic carbocycles. The Morgan fingerprint density at radius 2 is 2.00 bits per heavy atom. The zero-order valence-electron chi connectivity index (χ0n) is 11.4. The topological polar surface area (TPSA) is 23.6 Å². The van der Waals surface area contributed by atoms with Gasteiger partial charge in [0.05, 0.1) is 11.6 Å². The van der Waals surface area contributed by atoms with Gasteiger partial charge in [0, 0.05) is 18.7 Å². The summed E-state index contributed by atoms with van der Waals surface area (Å²) in [7, 11) is 1.99. The summed E-state index contributed by atoms with van der Waals surface area (Å²) in [5.41, 5.74) is 0.622. The molecule has 0 amide bonds. The minimum absolute atomic E-state index is 0.0921. The first kappa shape index (κ1) is 14.5. The highest BCUT2D eigenvalue weighted by molar-refractivity contribution is 6.34. The highest BCUT2D eigenvalue weighted by Gasteiger charge is 2.15. The third-order valence-electron chi connectivity index (χ3n) is 3.58. The van der Waals surface area contributed by atoms with E-state index in [0.717, 1.165) is 13.1 Å². The normalized spacial score (nSPS) is 16.2. The van der Waals surface area contributed by atoms with Crippen molar-refractivity contribution in [2.24, 2.45) is 0 Å². The number of carbonyl (C=O) groups is 1. The van der Waals surface area contributed by atoms with Gasteiger partial charge in [0.2, 0.25) is 0 Å². The third-order valence-corrected chi connectivity index (χ3v) is 3.91. The van der Waals surface area contributed by atoms with E-state index in [2.05, 4.69) is 9.80 Å². The molecule has 1 aliphatic rings. The Morgan fingerprint density at radius 3 is 2.68 bits per heavy atom. The molecule has 0 radical (unpaired) electrons. The van der Waals surface area contributed by atoms with Gasteiger partial charge >= 0.3 is 0 Å². The first-order valence-electron chi connectivity index (χ1n) is 6.85. The summed E-state index contributed by atoms with van der Waals surface area (Å²) in [4.78, 5) is 16.7. The highest BCUT2D eigenvalue weighted by atomic mass is 35.5. The van der Waals surface area contributed by atoms with Crippen molar-refractivity contribution in [1.82, 2.24) is 9.80 Å². The number of rotatable bonds is 6. The average Bonchev–Trinajstić information content (AvgIpc) is 2.90. The number of halogens is 1. The second-order valence-electron chi connectivity index (χ2n) is 5.19. The van der Waals surface area contributed by atoms with Crippen molar-refractivity contribution in [2.45, 2.75) is 12.8 Å². The number of nitrogens with zero attached hydrogens (tertiary/aromatic N) is 2. The fourth-order valence-electron chi connectivity index (χ4n) is 2.42. The first-order valence-corrected chi connectivity index (χ1v) is 7.23. The van der Waals surface area contributed by atoms with E-state index in [1.165, 1.54) is 25.9 Å². The Balaban J connectivity index is 1.79. The van der Waals surface area contributed by atoms with Crippen LogP contribution in [0.3, 0.4) is 0 Å². The molecule has 1 aliphatic heterocycles. The van der Waals surface area contributed by atoms with Gasteiger partial charge in [-0.2, -0.15) is 0 Å². The van der Waals surface area contributed by atoms with Crippen LogP contribution < -0.4 is 0 Å². The Hall–Kier alpha value is -0.900. The lowest BCUT2D eigenvalue weighted by atomic mass is 10.1. The summed E-state index contributed by atoms with van der Waals surface area (Å²) in [6.07, 6.45) is 2.62. The van der Waals surface area contributed by atoms with Crippen molar-refractivity contribution < 1.29 is 4.79 Å². The molecule has 104 valence electrons. The van der Waals surface area contributed by atoms with E-state index in [0.29, 0.717) is 17.1 Å². The molecule has 1 saturated heterocycles. The van der Waals surface area contributed by atoms with Gasteiger partial charge in [0.15, 0.2) is 5.78 Å². The predicted octanol–water partition coefficient (Wildman–Crippen LogP) is 2.55. The van der Waals surface area contributed by atoms with Crippen molar-refractivity contribution in [1.29, 1.82) is 0 Å². The third kappa shape index (κ3) is 4.30. The van der Waals surface area contributed by atoms with Crippen molar-refractivity contribution in [3.8, 4) is 0 Å². The maximum atomic E-state index is 12.1. The molecule has 0 unspecified atom stereocenters. The van der Waals surface area contributed by atoms with E-state index in [1.54, 1.807) is 12.1 Å². The summed E-state index contributed by atoms with van der Waals surface area (Å²) < 4.78 is 0. The van der Waals surface area contributed by atoms with Crippen LogP contribution in [-0.4, -0.2) is 55.4 Å². The van der Waals surface area contributed by atoms with Gasteiger partial charge in [-0.3, -0.25) is 9.69 Å². The molecule has 1 heterocycles. The molecule has 4 heteroatoms. The number of likely N-dealkylation sites (N-methyl/N-ethyl adjacent to an activating group) is 1. The van der Waals surface area contributed by atoms with Crippen LogP contribution in [0.4, 0.5) is 0 Å². The summed E-state index contributed by atoms with van der Waals surface area (Å²) in [6, 6.07) is 7.25. The van der Waals surface area contributed by atoms with Crippen LogP contribution >= 0.6 is 11.6 Å². The molecule has 3 nitrogen and oxygen atoms in total. The second-order valence-corrected chi connectivity index (χ2v) is 5.60. The lowest BCUT2D eigenvalue weighted by Crippen LogP contribution is -2.34. The van der Waals surface area contributed by atoms with Gasteiger partial charge in [0.25, 0.3) is 0 Å². The van der Waals surface area contributed by atoms with Crippen LogP contribution in [0.1, 0.15) is 23.2 Å². The molecule has 19 heavy (non-hydrogen) atoms. The SMILES string of the molecule is CN(CCN1CCCC1)CC(=O)c1ccccc1Cl. The van der Waals surface area contributed by atoms with E-state index in [-0.39, 0.29) is 5.78 Å². The highest BCUT2D eigenvalue weighted by Crippen LogP contribution is 2.15. The van der Waals surface area contributed by atoms with E-state index >= 15 is 0 Å². The monoisotopic (exact) mass is 280 g/mol. The van der Waals surface area contributed by atoms with Crippen LogP contribution in [-0.2, 0) is 0 Å². The number of hydrogen-bond donors (Lipinski definition) is 0. The molecule has 0 aliphatic carbocycles. The molecular formula is C15H21ClN2O. The van der Waals surface area contributed by atoms with Gasteiger partial charge < -0.3 is 4.90 Å². The molecule has 2 rings (SSSR count).